The van der Waals surface area contributed by atoms with Crippen molar-refractivity contribution in [1.29, 1.82) is 0 Å². The van der Waals surface area contributed by atoms with E-state index in [0.29, 0.717) is 5.69 Å². The van der Waals surface area contributed by atoms with Gasteiger partial charge in [-0.2, -0.15) is 5.10 Å². The zero-order valence-corrected chi connectivity index (χ0v) is 23.8. The van der Waals surface area contributed by atoms with Crippen LogP contribution >= 0.6 is 0 Å². The predicted octanol–water partition coefficient (Wildman–Crippen LogP) is 4.13. The molecule has 3 heterocycles. The summed E-state index contributed by atoms with van der Waals surface area (Å²) in [4.78, 5) is 30.1. The summed E-state index contributed by atoms with van der Waals surface area (Å²) < 4.78 is 65.9. The molecular formula is C27H33F4N7O5. The number of fused-ring (bicyclic) bond motifs is 1. The van der Waals surface area contributed by atoms with Crippen LogP contribution in [0.15, 0.2) is 23.1 Å². The maximum Gasteiger partial charge on any atom is 0.289 e. The van der Waals surface area contributed by atoms with Gasteiger partial charge in [-0.3, -0.25) is 9.59 Å². The van der Waals surface area contributed by atoms with Crippen LogP contribution in [0.3, 0.4) is 0 Å². The Bertz CT molecular complexity index is 1470. The zero-order valence-electron chi connectivity index (χ0n) is 23.8. The fraction of sp³-hybridized carbons (Fsp3) is 0.630. The Kier molecular flexibility index (Phi) is 8.09. The van der Waals surface area contributed by atoms with Crippen LogP contribution in [0.1, 0.15) is 99.7 Å². The van der Waals surface area contributed by atoms with E-state index in [4.69, 9.17) is 9.37 Å². The van der Waals surface area contributed by atoms with E-state index in [9.17, 15) is 32.3 Å². The molecule has 2 aliphatic rings. The smallest absolute Gasteiger partial charge is 0.289 e. The first-order chi connectivity index (χ1) is 20.1. The van der Waals surface area contributed by atoms with E-state index >= 15 is 0 Å². The highest BCUT2D eigenvalue weighted by Crippen LogP contribution is 2.44. The number of carbonyl (C=O) groups excluding carboxylic acids is 2. The van der Waals surface area contributed by atoms with Crippen molar-refractivity contribution in [2.24, 2.45) is 11.8 Å². The van der Waals surface area contributed by atoms with Crippen LogP contribution in [0.25, 0.3) is 5.65 Å². The van der Waals surface area contributed by atoms with Gasteiger partial charge in [0.15, 0.2) is 11.9 Å². The molecule has 3 aromatic heterocycles. The molecule has 2 aliphatic carbocycles. The van der Waals surface area contributed by atoms with Gasteiger partial charge >= 0.3 is 0 Å². The van der Waals surface area contributed by atoms with Gasteiger partial charge in [-0.1, -0.05) is 0 Å². The van der Waals surface area contributed by atoms with Crippen LogP contribution in [0.4, 0.5) is 17.6 Å². The molecule has 2 amide bonds. The number of hydrogen-bond acceptors (Lipinski definition) is 9. The standard InChI is InChI=1S/C27H33F4N7O5/c1-25(2,3)42-24-21(36-43-37-24)23(41)35-20(15-4-6-26(28,29)7-5-15)17-13-38-18(33-17)9-16(12-32-38)22(40)34-19(39)8-14-10-27(30,31)11-14/h9,12-15,20,22,40H,4-8,10-11H2,1-3H3,(H,34,39)(H,35,41)/t20?,22-/m1/s1. The van der Waals surface area contributed by atoms with Gasteiger partial charge in [0, 0.05) is 37.7 Å². The van der Waals surface area contributed by atoms with E-state index in [2.05, 4.69) is 31.0 Å². The minimum absolute atomic E-state index is 0.116. The van der Waals surface area contributed by atoms with Crippen molar-refractivity contribution in [1.82, 2.24) is 35.5 Å². The fourth-order valence-corrected chi connectivity index (χ4v) is 5.41. The van der Waals surface area contributed by atoms with E-state index in [1.807, 2.05) is 0 Å². The molecule has 234 valence electrons. The van der Waals surface area contributed by atoms with E-state index < -0.39 is 53.4 Å². The van der Waals surface area contributed by atoms with Gasteiger partial charge in [-0.25, -0.2) is 31.7 Å². The van der Waals surface area contributed by atoms with Gasteiger partial charge in [-0.15, -0.1) is 0 Å². The summed E-state index contributed by atoms with van der Waals surface area (Å²) in [6.07, 6.45) is 0.0186. The maximum absolute atomic E-state index is 14.0. The summed E-state index contributed by atoms with van der Waals surface area (Å²) in [6, 6.07) is 0.641. The van der Waals surface area contributed by atoms with Crippen molar-refractivity contribution in [3.8, 4) is 5.88 Å². The number of amides is 2. The Hall–Kier alpha value is -3.82. The lowest BCUT2D eigenvalue weighted by atomic mass is 9.79. The number of imidazole rings is 1. The van der Waals surface area contributed by atoms with Crippen LogP contribution in [0.5, 0.6) is 5.88 Å². The second kappa shape index (κ2) is 11.4. The Morgan fingerprint density at radius 1 is 1.14 bits per heavy atom. The molecule has 2 fully saturated rings. The molecule has 16 heteroatoms. The maximum atomic E-state index is 14.0. The number of carbonyl (C=O) groups is 2. The number of ether oxygens (including phenoxy) is 1. The quantitative estimate of drug-likeness (QED) is 0.239. The number of aliphatic hydroxyl groups excluding tert-OH is 1. The van der Waals surface area contributed by atoms with Gasteiger partial charge in [0.25, 0.3) is 11.8 Å². The second-order valence-electron chi connectivity index (χ2n) is 12.3. The van der Waals surface area contributed by atoms with Crippen molar-refractivity contribution >= 4 is 17.5 Å². The Morgan fingerprint density at radius 3 is 2.49 bits per heavy atom. The first kappa shape index (κ1) is 30.6. The Morgan fingerprint density at radius 2 is 1.84 bits per heavy atom. The largest absolute Gasteiger partial charge is 0.468 e. The minimum Gasteiger partial charge on any atom is -0.468 e. The second-order valence-corrected chi connectivity index (χ2v) is 12.3. The molecule has 3 aromatic rings. The molecule has 2 atom stereocenters. The first-order valence-corrected chi connectivity index (χ1v) is 14.0. The number of nitrogens with one attached hydrogen (secondary N) is 2. The average Bonchev–Trinajstić information content (AvgIpc) is 3.51. The topological polar surface area (TPSA) is 157 Å². The highest BCUT2D eigenvalue weighted by molar-refractivity contribution is 5.94. The average molecular weight is 612 g/mol. The van der Waals surface area contributed by atoms with Gasteiger partial charge in [0.05, 0.1) is 24.1 Å². The van der Waals surface area contributed by atoms with Crippen LogP contribution < -0.4 is 15.4 Å². The number of alkyl halides is 4. The van der Waals surface area contributed by atoms with Crippen LogP contribution in [-0.4, -0.2) is 59.3 Å². The lowest BCUT2D eigenvalue weighted by Crippen LogP contribution is -2.39. The molecule has 0 bridgehead atoms. The van der Waals surface area contributed by atoms with Crippen LogP contribution in [0, 0.1) is 11.8 Å². The summed E-state index contributed by atoms with van der Waals surface area (Å²) in [6.45, 7) is 5.26. The molecule has 12 nitrogen and oxygen atoms in total. The molecule has 2 saturated carbocycles. The minimum atomic E-state index is -2.80. The van der Waals surface area contributed by atoms with Gasteiger partial charge in [0.2, 0.25) is 23.4 Å². The number of nitrogens with zero attached hydrogens (tertiary/aromatic N) is 5. The van der Waals surface area contributed by atoms with Crippen LogP contribution in [0.2, 0.25) is 0 Å². The molecule has 0 spiro atoms. The molecule has 5 rings (SSSR count). The number of aromatic nitrogens is 5. The summed E-state index contributed by atoms with van der Waals surface area (Å²) in [5.41, 5.74) is -0.155. The molecule has 0 radical (unpaired) electrons. The highest BCUT2D eigenvalue weighted by Gasteiger charge is 2.46. The molecular weight excluding hydrogens is 578 g/mol. The Labute approximate surface area is 243 Å². The van der Waals surface area contributed by atoms with Gasteiger partial charge in [-0.05, 0) is 61.8 Å². The lowest BCUT2D eigenvalue weighted by Gasteiger charge is -2.34. The molecule has 0 aliphatic heterocycles. The van der Waals surface area contributed by atoms with Crippen LogP contribution in [-0.2, 0) is 4.79 Å². The third kappa shape index (κ3) is 7.40. The predicted molar refractivity (Wildman–Crippen MR) is 140 cm³/mol. The monoisotopic (exact) mass is 611 g/mol. The number of aliphatic hydroxyl groups is 1. The number of hydrogen-bond donors (Lipinski definition) is 3. The number of halogens is 4. The fourth-order valence-electron chi connectivity index (χ4n) is 5.41. The third-order valence-electron chi connectivity index (χ3n) is 7.54. The molecule has 3 N–H and O–H groups in total. The first-order valence-electron chi connectivity index (χ1n) is 14.0. The molecule has 0 saturated heterocycles. The van der Waals surface area contributed by atoms with Crippen molar-refractivity contribution in [3.05, 3.63) is 35.4 Å². The van der Waals surface area contributed by atoms with Gasteiger partial charge in [0.1, 0.15) is 5.60 Å². The van der Waals surface area contributed by atoms with E-state index in [1.165, 1.54) is 23.0 Å². The lowest BCUT2D eigenvalue weighted by molar-refractivity contribution is -0.136. The zero-order chi connectivity index (χ0) is 31.2. The molecule has 0 aromatic carbocycles. The van der Waals surface area contributed by atoms with Crippen molar-refractivity contribution in [2.45, 2.75) is 95.4 Å². The van der Waals surface area contributed by atoms with Gasteiger partial charge < -0.3 is 20.5 Å². The third-order valence-corrected chi connectivity index (χ3v) is 7.54. The van der Waals surface area contributed by atoms with E-state index in [-0.39, 0.29) is 67.7 Å². The SMILES string of the molecule is CC(C)(C)Oc1nonc1C(=O)NC(c1cn2ncc([C@@H](O)NC(=O)CC3CC(F)(F)C3)cc2n1)C1CCC(F)(F)CC1. The summed E-state index contributed by atoms with van der Waals surface area (Å²) in [5.74, 6) is -7.80. The molecule has 1 unspecified atom stereocenters. The summed E-state index contributed by atoms with van der Waals surface area (Å²) in [7, 11) is 0. The summed E-state index contributed by atoms with van der Waals surface area (Å²) >= 11 is 0. The van der Waals surface area contributed by atoms with E-state index in [1.54, 1.807) is 20.8 Å². The van der Waals surface area contributed by atoms with Crippen molar-refractivity contribution < 1.29 is 41.6 Å². The molecule has 43 heavy (non-hydrogen) atoms. The van der Waals surface area contributed by atoms with Crippen molar-refractivity contribution in [2.75, 3.05) is 0 Å². The van der Waals surface area contributed by atoms with Crippen molar-refractivity contribution in [3.63, 3.8) is 0 Å². The highest BCUT2D eigenvalue weighted by atomic mass is 19.3. The summed E-state index contributed by atoms with van der Waals surface area (Å²) in [5, 5.41) is 27.3. The Balaban J connectivity index is 1.34. The normalized spacial score (nSPS) is 20.3. The number of rotatable bonds is 9. The van der Waals surface area contributed by atoms with E-state index in [0.717, 1.165) is 0 Å².